The van der Waals surface area contributed by atoms with E-state index in [1.165, 1.54) is 31.2 Å². The van der Waals surface area contributed by atoms with Gasteiger partial charge in [-0.2, -0.15) is 0 Å². The second-order valence-electron chi connectivity index (χ2n) is 9.72. The Bertz CT molecular complexity index is 1400. The van der Waals surface area contributed by atoms with Gasteiger partial charge in [0.2, 0.25) is 0 Å². The van der Waals surface area contributed by atoms with E-state index in [2.05, 4.69) is 39.7 Å². The fraction of sp³-hybridized carbons (Fsp3) is 0.357. The van der Waals surface area contributed by atoms with Crippen LogP contribution in [-0.4, -0.2) is 25.7 Å². The Morgan fingerprint density at radius 2 is 1.77 bits per heavy atom. The normalized spacial score (nSPS) is 16.1. The van der Waals surface area contributed by atoms with Gasteiger partial charge in [-0.15, -0.1) is 0 Å². The molecule has 2 fully saturated rings. The highest BCUT2D eigenvalue weighted by molar-refractivity contribution is 5.68. The number of hydrogen-bond acceptors (Lipinski definition) is 6. The molecule has 0 radical (unpaired) electrons. The van der Waals surface area contributed by atoms with Gasteiger partial charge in [-0.3, -0.25) is 9.78 Å². The van der Waals surface area contributed by atoms with E-state index in [0.29, 0.717) is 23.2 Å². The Labute approximate surface area is 204 Å². The van der Waals surface area contributed by atoms with Gasteiger partial charge in [-0.05, 0) is 44.2 Å². The topological polar surface area (TPSA) is 85.8 Å². The number of aromatic nitrogens is 4. The zero-order valence-electron chi connectivity index (χ0n) is 19.9. The van der Waals surface area contributed by atoms with E-state index in [9.17, 15) is 4.79 Å². The number of benzene rings is 1. The summed E-state index contributed by atoms with van der Waals surface area (Å²) in [5.41, 5.74) is 6.08. The molecule has 6 rings (SSSR count). The number of aryl methyl sites for hydroxylation is 1. The molecular weight excluding hydrogens is 438 g/mol. The average molecular weight is 468 g/mol. The van der Waals surface area contributed by atoms with Gasteiger partial charge in [0.1, 0.15) is 11.4 Å². The van der Waals surface area contributed by atoms with Crippen molar-refractivity contribution in [1.82, 2.24) is 25.0 Å². The zero-order chi connectivity index (χ0) is 23.8. The molecule has 0 atom stereocenters. The fourth-order valence-electron chi connectivity index (χ4n) is 4.81. The number of nitrogens with one attached hydrogen (secondary N) is 1. The number of nitrogens with zero attached hydrogens (tertiary/aromatic N) is 4. The molecule has 4 aromatic rings. The van der Waals surface area contributed by atoms with Crippen LogP contribution in [-0.2, 0) is 6.54 Å². The summed E-state index contributed by atoms with van der Waals surface area (Å²) in [5, 5.41) is 7.83. The maximum atomic E-state index is 12.5. The molecule has 0 unspecified atom stereocenters. The van der Waals surface area contributed by atoms with Crippen LogP contribution in [0.25, 0.3) is 34.0 Å². The van der Waals surface area contributed by atoms with Crippen LogP contribution in [0.3, 0.4) is 0 Å². The third kappa shape index (κ3) is 4.68. The van der Waals surface area contributed by atoms with Crippen molar-refractivity contribution in [1.29, 1.82) is 0 Å². The summed E-state index contributed by atoms with van der Waals surface area (Å²) in [7, 11) is 0. The fourth-order valence-corrected chi connectivity index (χ4v) is 4.81. The van der Waals surface area contributed by atoms with Gasteiger partial charge < -0.3 is 14.4 Å². The lowest BCUT2D eigenvalue weighted by atomic mass is 10.1. The van der Waals surface area contributed by atoms with E-state index in [4.69, 9.17) is 9.51 Å². The molecule has 35 heavy (non-hydrogen) atoms. The quantitative estimate of drug-likeness (QED) is 0.397. The molecule has 2 aliphatic carbocycles. The van der Waals surface area contributed by atoms with Gasteiger partial charge in [0.05, 0.1) is 17.6 Å². The summed E-state index contributed by atoms with van der Waals surface area (Å²) in [6.07, 6.45) is 10.7. The lowest BCUT2D eigenvalue weighted by molar-refractivity contribution is 0.433. The van der Waals surface area contributed by atoms with Crippen molar-refractivity contribution in [3.8, 4) is 34.0 Å². The van der Waals surface area contributed by atoms with Crippen molar-refractivity contribution in [2.24, 2.45) is 0 Å². The molecule has 0 saturated heterocycles. The van der Waals surface area contributed by atoms with Crippen LogP contribution in [0.5, 0.6) is 0 Å². The number of hydrogen-bond donors (Lipinski definition) is 1. The van der Waals surface area contributed by atoms with Crippen molar-refractivity contribution in [2.45, 2.75) is 64.1 Å². The monoisotopic (exact) mass is 467 g/mol. The van der Waals surface area contributed by atoms with E-state index < -0.39 is 0 Å². The smallest absolute Gasteiger partial charge is 0.250 e. The third-order valence-electron chi connectivity index (χ3n) is 7.07. The van der Waals surface area contributed by atoms with Crippen LogP contribution in [0.2, 0.25) is 0 Å². The highest BCUT2D eigenvalue weighted by Gasteiger charge is 2.21. The van der Waals surface area contributed by atoms with Crippen molar-refractivity contribution in [2.75, 3.05) is 0 Å². The third-order valence-corrected chi connectivity index (χ3v) is 7.07. The van der Waals surface area contributed by atoms with Crippen molar-refractivity contribution in [3.63, 3.8) is 0 Å². The molecule has 1 N–H and O–H groups in total. The molecule has 1 aromatic carbocycles. The van der Waals surface area contributed by atoms with Gasteiger partial charge in [0.15, 0.2) is 5.76 Å². The first kappa shape index (κ1) is 21.9. The number of pyridine rings is 1. The van der Waals surface area contributed by atoms with E-state index >= 15 is 0 Å². The van der Waals surface area contributed by atoms with Crippen molar-refractivity contribution >= 4 is 0 Å². The minimum atomic E-state index is 0.0372. The molecule has 2 saturated carbocycles. The molecule has 0 amide bonds. The van der Waals surface area contributed by atoms with Gasteiger partial charge in [-0.1, -0.05) is 42.3 Å². The molecule has 0 aliphatic heterocycles. The summed E-state index contributed by atoms with van der Waals surface area (Å²) in [6.45, 7) is 2.81. The van der Waals surface area contributed by atoms with Gasteiger partial charge in [0.25, 0.3) is 5.56 Å². The standard InChI is InChI=1S/C28H29N5O2/c1-18-28(26-14-24(32-35-26)20-8-6-19(7-9-20)15-30-22-11-12-22)31-25(16-29-18)21-10-13-27(34)33(17-21)23-4-2-3-5-23/h6-10,13-14,16-17,22-23,30H,2-5,11-12,15H2,1H3. The Morgan fingerprint density at radius 3 is 2.54 bits per heavy atom. The van der Waals surface area contributed by atoms with E-state index in [1.807, 2.05) is 29.8 Å². The highest BCUT2D eigenvalue weighted by atomic mass is 16.5. The van der Waals surface area contributed by atoms with Crippen LogP contribution < -0.4 is 10.9 Å². The van der Waals surface area contributed by atoms with Gasteiger partial charge >= 0.3 is 0 Å². The predicted octanol–water partition coefficient (Wildman–Crippen LogP) is 5.30. The first-order valence-electron chi connectivity index (χ1n) is 12.5. The SMILES string of the molecule is Cc1ncc(-c2ccc(=O)n(C3CCCC3)c2)nc1-c1cc(-c2ccc(CNC3CC3)cc2)no1. The Kier molecular flexibility index (Phi) is 5.78. The summed E-state index contributed by atoms with van der Waals surface area (Å²) < 4.78 is 7.56. The van der Waals surface area contributed by atoms with Crippen LogP contribution in [0.1, 0.15) is 55.8 Å². The molecule has 2 aliphatic rings. The van der Waals surface area contributed by atoms with E-state index in [-0.39, 0.29) is 11.6 Å². The summed E-state index contributed by atoms with van der Waals surface area (Å²) in [5.74, 6) is 0.579. The second-order valence-corrected chi connectivity index (χ2v) is 9.72. The zero-order valence-corrected chi connectivity index (χ0v) is 19.9. The van der Waals surface area contributed by atoms with Crippen LogP contribution in [0.15, 0.2) is 64.2 Å². The van der Waals surface area contributed by atoms with Crippen LogP contribution >= 0.6 is 0 Å². The highest BCUT2D eigenvalue weighted by Crippen LogP contribution is 2.31. The van der Waals surface area contributed by atoms with Gasteiger partial charge in [-0.25, -0.2) is 4.98 Å². The molecule has 0 bridgehead atoms. The molecule has 7 heteroatoms. The summed E-state index contributed by atoms with van der Waals surface area (Å²) in [6, 6.07) is 14.7. The minimum absolute atomic E-state index is 0.0372. The van der Waals surface area contributed by atoms with Crippen molar-refractivity contribution in [3.05, 3.63) is 76.5 Å². The Balaban J connectivity index is 1.26. The molecule has 3 heterocycles. The minimum Gasteiger partial charge on any atom is -0.354 e. The maximum absolute atomic E-state index is 12.5. The van der Waals surface area contributed by atoms with E-state index in [0.717, 1.165) is 41.9 Å². The average Bonchev–Trinajstić information content (AvgIpc) is 3.32. The molecule has 0 spiro atoms. The van der Waals surface area contributed by atoms with Crippen molar-refractivity contribution < 1.29 is 4.52 Å². The van der Waals surface area contributed by atoms with E-state index in [1.54, 1.807) is 12.3 Å². The second kappa shape index (κ2) is 9.23. The Hall–Kier alpha value is -3.58. The number of rotatable bonds is 7. The molecule has 3 aromatic heterocycles. The molecule has 178 valence electrons. The summed E-state index contributed by atoms with van der Waals surface area (Å²) in [4.78, 5) is 21.9. The lowest BCUT2D eigenvalue weighted by Crippen LogP contribution is -2.22. The predicted molar refractivity (Wildman–Crippen MR) is 135 cm³/mol. The molecule has 7 nitrogen and oxygen atoms in total. The lowest BCUT2D eigenvalue weighted by Gasteiger charge is -2.14. The van der Waals surface area contributed by atoms with Gasteiger partial charge in [0, 0.05) is 48.1 Å². The first-order chi connectivity index (χ1) is 17.1. The largest absolute Gasteiger partial charge is 0.354 e. The summed E-state index contributed by atoms with van der Waals surface area (Å²) >= 11 is 0. The van der Waals surface area contributed by atoms with Crippen LogP contribution in [0, 0.1) is 6.92 Å². The first-order valence-corrected chi connectivity index (χ1v) is 12.5. The molecular formula is C28H29N5O2. The van der Waals surface area contributed by atoms with Crippen LogP contribution in [0.4, 0.5) is 0 Å². The Morgan fingerprint density at radius 1 is 1.00 bits per heavy atom. The maximum Gasteiger partial charge on any atom is 0.250 e.